The lowest BCUT2D eigenvalue weighted by Crippen LogP contribution is -2.15. The molecule has 0 unspecified atom stereocenters. The third-order valence-electron chi connectivity index (χ3n) is 9.46. The molecule has 212 valence electrons. The minimum atomic E-state index is -0.0792. The van der Waals surface area contributed by atoms with Crippen molar-refractivity contribution >= 4 is 32.3 Å². The third kappa shape index (κ3) is 3.87. The average molecular weight is 576 g/mol. The summed E-state index contributed by atoms with van der Waals surface area (Å²) in [6.45, 7) is 4.73. The molecule has 0 saturated heterocycles. The van der Waals surface area contributed by atoms with Crippen LogP contribution >= 0.6 is 0 Å². The van der Waals surface area contributed by atoms with Crippen molar-refractivity contribution in [2.24, 2.45) is 0 Å². The van der Waals surface area contributed by atoms with Gasteiger partial charge in [-0.25, -0.2) is 15.0 Å². The van der Waals surface area contributed by atoms with E-state index in [9.17, 15) is 0 Å². The van der Waals surface area contributed by atoms with E-state index in [1.54, 1.807) is 0 Å². The number of hydrogen-bond acceptors (Lipinski definition) is 3. The minimum Gasteiger partial charge on any atom is -0.208 e. The van der Waals surface area contributed by atoms with Gasteiger partial charge in [-0.2, -0.15) is 0 Å². The Morgan fingerprint density at radius 1 is 0.444 bits per heavy atom. The van der Waals surface area contributed by atoms with Gasteiger partial charge in [0.15, 0.2) is 17.5 Å². The van der Waals surface area contributed by atoms with Crippen LogP contribution in [-0.2, 0) is 5.41 Å². The summed E-state index contributed by atoms with van der Waals surface area (Å²) in [6, 6.07) is 49.4. The predicted molar refractivity (Wildman–Crippen MR) is 186 cm³/mol. The fourth-order valence-corrected chi connectivity index (χ4v) is 7.40. The molecule has 1 aromatic heterocycles. The molecule has 0 N–H and O–H groups in total. The first-order valence-electron chi connectivity index (χ1n) is 15.5. The fourth-order valence-electron chi connectivity index (χ4n) is 7.40. The normalized spacial score (nSPS) is 13.3. The van der Waals surface area contributed by atoms with Gasteiger partial charge in [-0.3, -0.25) is 0 Å². The number of aromatic nitrogens is 3. The molecule has 1 aliphatic carbocycles. The standard InChI is InChI=1S/C42H29N3/c1-42(2)35-20-12-11-19-33(35)37-34-24-21-28-25-29(22-23-30(28)36(34)31-17-9-10-18-32(31)38(37)42)41-44-39(26-13-5-3-6-14-26)43-40(45-41)27-15-7-4-8-16-27/h3-25H,1-2H3. The van der Waals surface area contributed by atoms with Crippen LogP contribution in [-0.4, -0.2) is 15.0 Å². The largest absolute Gasteiger partial charge is 0.208 e. The number of fused-ring (bicyclic) bond motifs is 10. The molecule has 9 rings (SSSR count). The van der Waals surface area contributed by atoms with Crippen LogP contribution < -0.4 is 0 Å². The Morgan fingerprint density at radius 2 is 1.00 bits per heavy atom. The van der Waals surface area contributed by atoms with Crippen molar-refractivity contribution in [2.75, 3.05) is 0 Å². The molecule has 1 heterocycles. The molecule has 0 amide bonds. The summed E-state index contributed by atoms with van der Waals surface area (Å²) in [5, 5.41) is 7.63. The summed E-state index contributed by atoms with van der Waals surface area (Å²) in [5.41, 5.74) is 8.35. The number of hydrogen-bond donors (Lipinski definition) is 0. The predicted octanol–water partition coefficient (Wildman–Crippen LogP) is 10.6. The lowest BCUT2D eigenvalue weighted by molar-refractivity contribution is 0.666. The monoisotopic (exact) mass is 575 g/mol. The van der Waals surface area contributed by atoms with E-state index >= 15 is 0 Å². The fraction of sp³-hybridized carbons (Fsp3) is 0.0714. The zero-order valence-corrected chi connectivity index (χ0v) is 25.1. The van der Waals surface area contributed by atoms with E-state index in [1.165, 1.54) is 54.6 Å². The van der Waals surface area contributed by atoms with Crippen molar-refractivity contribution in [2.45, 2.75) is 19.3 Å². The smallest absolute Gasteiger partial charge is 0.164 e. The van der Waals surface area contributed by atoms with Gasteiger partial charge >= 0.3 is 0 Å². The Morgan fingerprint density at radius 3 is 1.69 bits per heavy atom. The molecule has 0 atom stereocenters. The first-order valence-corrected chi connectivity index (χ1v) is 15.5. The Hall–Kier alpha value is -5.67. The molecule has 8 aromatic rings. The zero-order chi connectivity index (χ0) is 30.1. The number of benzene rings is 7. The molecule has 3 nitrogen and oxygen atoms in total. The second-order valence-corrected chi connectivity index (χ2v) is 12.4. The summed E-state index contributed by atoms with van der Waals surface area (Å²) >= 11 is 0. The highest BCUT2D eigenvalue weighted by Gasteiger charge is 2.38. The third-order valence-corrected chi connectivity index (χ3v) is 9.46. The van der Waals surface area contributed by atoms with Gasteiger partial charge in [0.25, 0.3) is 0 Å². The average Bonchev–Trinajstić information content (AvgIpc) is 3.35. The van der Waals surface area contributed by atoms with Crippen LogP contribution in [0.3, 0.4) is 0 Å². The van der Waals surface area contributed by atoms with Crippen molar-refractivity contribution in [3.63, 3.8) is 0 Å². The molecule has 0 spiro atoms. The highest BCUT2D eigenvalue weighted by Crippen LogP contribution is 2.55. The van der Waals surface area contributed by atoms with E-state index in [2.05, 4.69) is 92.7 Å². The van der Waals surface area contributed by atoms with Crippen molar-refractivity contribution in [1.82, 2.24) is 15.0 Å². The molecule has 45 heavy (non-hydrogen) atoms. The molecule has 0 fully saturated rings. The van der Waals surface area contributed by atoms with E-state index in [4.69, 9.17) is 15.0 Å². The van der Waals surface area contributed by atoms with Gasteiger partial charge in [0, 0.05) is 22.1 Å². The van der Waals surface area contributed by atoms with Gasteiger partial charge < -0.3 is 0 Å². The van der Waals surface area contributed by atoms with Gasteiger partial charge in [0.05, 0.1) is 0 Å². The van der Waals surface area contributed by atoms with Gasteiger partial charge in [-0.1, -0.05) is 147 Å². The van der Waals surface area contributed by atoms with E-state index < -0.39 is 0 Å². The lowest BCUT2D eigenvalue weighted by atomic mass is 9.79. The van der Waals surface area contributed by atoms with E-state index in [0.717, 1.165) is 16.7 Å². The van der Waals surface area contributed by atoms with Crippen LogP contribution in [0.5, 0.6) is 0 Å². The maximum atomic E-state index is 4.98. The first kappa shape index (κ1) is 25.8. The van der Waals surface area contributed by atoms with E-state index in [1.807, 2.05) is 60.7 Å². The number of rotatable bonds is 3. The minimum absolute atomic E-state index is 0.0792. The highest BCUT2D eigenvalue weighted by atomic mass is 15.0. The van der Waals surface area contributed by atoms with Crippen molar-refractivity contribution in [3.05, 3.63) is 151 Å². The van der Waals surface area contributed by atoms with Gasteiger partial charge in [-0.15, -0.1) is 0 Å². The molecule has 0 aliphatic heterocycles. The maximum absolute atomic E-state index is 4.98. The molecule has 3 heteroatoms. The molecule has 1 aliphatic rings. The van der Waals surface area contributed by atoms with Crippen LogP contribution in [0.15, 0.2) is 140 Å². The van der Waals surface area contributed by atoms with E-state index in [0.29, 0.717) is 17.5 Å². The lowest BCUT2D eigenvalue weighted by Gasteiger charge is -2.24. The maximum Gasteiger partial charge on any atom is 0.164 e. The zero-order valence-electron chi connectivity index (χ0n) is 25.1. The molecular weight excluding hydrogens is 546 g/mol. The first-order chi connectivity index (χ1) is 22.1. The highest BCUT2D eigenvalue weighted by molar-refractivity contribution is 6.26. The Bertz CT molecular complexity index is 2390. The number of nitrogens with zero attached hydrogens (tertiary/aromatic N) is 3. The van der Waals surface area contributed by atoms with Crippen LogP contribution in [0.25, 0.3) is 77.6 Å². The summed E-state index contributed by atoms with van der Waals surface area (Å²) < 4.78 is 0. The summed E-state index contributed by atoms with van der Waals surface area (Å²) in [7, 11) is 0. The Labute approximate surface area is 261 Å². The van der Waals surface area contributed by atoms with Crippen LogP contribution in [0.1, 0.15) is 25.0 Å². The van der Waals surface area contributed by atoms with Gasteiger partial charge in [0.1, 0.15) is 0 Å². The summed E-state index contributed by atoms with van der Waals surface area (Å²) in [4.78, 5) is 14.8. The summed E-state index contributed by atoms with van der Waals surface area (Å²) in [6.07, 6.45) is 0. The van der Waals surface area contributed by atoms with Crippen molar-refractivity contribution in [3.8, 4) is 45.3 Å². The molecule has 0 saturated carbocycles. The van der Waals surface area contributed by atoms with Crippen molar-refractivity contribution in [1.29, 1.82) is 0 Å². The molecule has 0 radical (unpaired) electrons. The topological polar surface area (TPSA) is 38.7 Å². The molecule has 0 bridgehead atoms. The summed E-state index contributed by atoms with van der Waals surface area (Å²) in [5.74, 6) is 2.00. The molecule has 7 aromatic carbocycles. The van der Waals surface area contributed by atoms with Crippen molar-refractivity contribution < 1.29 is 0 Å². The van der Waals surface area contributed by atoms with Gasteiger partial charge in [-0.05, 0) is 60.6 Å². The van der Waals surface area contributed by atoms with Gasteiger partial charge in [0.2, 0.25) is 0 Å². The quantitative estimate of drug-likeness (QED) is 0.197. The van der Waals surface area contributed by atoms with Crippen LogP contribution in [0, 0.1) is 0 Å². The molecular formula is C42H29N3. The second-order valence-electron chi connectivity index (χ2n) is 12.4. The SMILES string of the molecule is CC1(C)c2ccccc2-c2c1c1ccccc1c1c2ccc2cc(-c3nc(-c4ccccc4)nc(-c4ccccc4)n3)ccc21. The van der Waals surface area contributed by atoms with E-state index in [-0.39, 0.29) is 5.41 Å². The van der Waals surface area contributed by atoms with Crippen LogP contribution in [0.4, 0.5) is 0 Å². The Balaban J connectivity index is 1.30. The Kier molecular flexibility index (Phi) is 5.54. The second kappa shape index (κ2) is 9.67. The van der Waals surface area contributed by atoms with Crippen LogP contribution in [0.2, 0.25) is 0 Å².